The molecular weight excluding hydrogens is 388 g/mol. The van der Waals surface area contributed by atoms with Gasteiger partial charge in [0.2, 0.25) is 0 Å². The number of aromatic amines is 1. The van der Waals surface area contributed by atoms with Gasteiger partial charge in [-0.15, -0.1) is 0 Å². The third kappa shape index (κ3) is 5.90. The van der Waals surface area contributed by atoms with Crippen LogP contribution in [-0.4, -0.2) is 28.1 Å². The Kier molecular flexibility index (Phi) is 6.58. The number of carbonyl (C=O) groups excluding carboxylic acids is 2. The molecular formula is C17H21BrN4O3. The summed E-state index contributed by atoms with van der Waals surface area (Å²) in [6, 6.07) is 8.83. The Balaban J connectivity index is 1.84. The van der Waals surface area contributed by atoms with Crippen LogP contribution in [0.4, 0.5) is 0 Å². The molecule has 0 fully saturated rings. The molecule has 1 aromatic carbocycles. The molecule has 0 spiro atoms. The number of hydrazine groups is 1. The molecule has 0 aliphatic carbocycles. The van der Waals surface area contributed by atoms with E-state index in [-0.39, 0.29) is 5.69 Å². The Morgan fingerprint density at radius 2 is 2.00 bits per heavy atom. The van der Waals surface area contributed by atoms with E-state index in [9.17, 15) is 9.59 Å². The van der Waals surface area contributed by atoms with Crippen LogP contribution in [0.25, 0.3) is 0 Å². The van der Waals surface area contributed by atoms with Crippen molar-refractivity contribution in [1.29, 1.82) is 0 Å². The lowest BCUT2D eigenvalue weighted by molar-refractivity contribution is -0.128. The molecule has 0 aliphatic heterocycles. The van der Waals surface area contributed by atoms with Gasteiger partial charge in [0.15, 0.2) is 11.8 Å². The largest absolute Gasteiger partial charge is 0.481 e. The molecule has 0 saturated carbocycles. The third-order valence-electron chi connectivity index (χ3n) is 3.27. The van der Waals surface area contributed by atoms with E-state index in [0.29, 0.717) is 11.7 Å². The molecule has 3 N–H and O–H groups in total. The van der Waals surface area contributed by atoms with E-state index in [4.69, 9.17) is 4.74 Å². The second kappa shape index (κ2) is 8.66. The number of hydrogen-bond donors (Lipinski definition) is 3. The first-order chi connectivity index (χ1) is 11.8. The normalized spacial score (nSPS) is 11.9. The van der Waals surface area contributed by atoms with Gasteiger partial charge in [-0.05, 0) is 43.5 Å². The van der Waals surface area contributed by atoms with Crippen LogP contribution in [0.2, 0.25) is 0 Å². The quantitative estimate of drug-likeness (QED) is 0.639. The van der Waals surface area contributed by atoms with E-state index in [2.05, 4.69) is 50.8 Å². The number of aromatic nitrogens is 2. The molecule has 134 valence electrons. The fourth-order valence-electron chi connectivity index (χ4n) is 2.10. The van der Waals surface area contributed by atoms with Crippen molar-refractivity contribution in [1.82, 2.24) is 21.0 Å². The molecule has 25 heavy (non-hydrogen) atoms. The standard InChI is InChI=1S/C17H21BrN4O3/c1-10(2)7-13-9-15(20-19-13)17(24)22-21-16(23)11(3)25-14-6-4-5-12(18)8-14/h4-6,8-11H,7H2,1-3H3,(H,19,20)(H,21,23)(H,22,24). The SMILES string of the molecule is CC(C)Cc1cc(C(=O)NNC(=O)C(C)Oc2cccc(Br)c2)n[nH]1. The molecule has 2 rings (SSSR count). The van der Waals surface area contributed by atoms with Crippen molar-refractivity contribution in [3.05, 3.63) is 46.2 Å². The van der Waals surface area contributed by atoms with E-state index in [1.807, 2.05) is 6.07 Å². The van der Waals surface area contributed by atoms with Crippen LogP contribution < -0.4 is 15.6 Å². The minimum absolute atomic E-state index is 0.219. The predicted octanol–water partition coefficient (Wildman–Crippen LogP) is 2.60. The van der Waals surface area contributed by atoms with E-state index >= 15 is 0 Å². The molecule has 0 radical (unpaired) electrons. The number of carbonyl (C=O) groups is 2. The number of amides is 2. The van der Waals surface area contributed by atoms with Gasteiger partial charge in [0.25, 0.3) is 11.8 Å². The number of nitrogens with one attached hydrogen (secondary N) is 3. The van der Waals surface area contributed by atoms with Crippen LogP contribution in [-0.2, 0) is 11.2 Å². The predicted molar refractivity (Wildman–Crippen MR) is 97.0 cm³/mol. The summed E-state index contributed by atoms with van der Waals surface area (Å²) in [5.41, 5.74) is 5.76. The van der Waals surface area contributed by atoms with Crippen LogP contribution in [0, 0.1) is 5.92 Å². The summed E-state index contributed by atoms with van der Waals surface area (Å²) < 4.78 is 6.38. The number of rotatable bonds is 6. The second-order valence-electron chi connectivity index (χ2n) is 6.04. The van der Waals surface area contributed by atoms with Gasteiger partial charge in [-0.1, -0.05) is 35.8 Å². The minimum atomic E-state index is -0.773. The molecule has 7 nitrogen and oxygen atoms in total. The van der Waals surface area contributed by atoms with Crippen molar-refractivity contribution >= 4 is 27.7 Å². The highest BCUT2D eigenvalue weighted by atomic mass is 79.9. The number of H-pyrrole nitrogens is 1. The highest BCUT2D eigenvalue weighted by Gasteiger charge is 2.17. The molecule has 1 atom stereocenters. The molecule has 8 heteroatoms. The van der Waals surface area contributed by atoms with E-state index in [0.717, 1.165) is 16.6 Å². The Morgan fingerprint density at radius 1 is 1.24 bits per heavy atom. The summed E-state index contributed by atoms with van der Waals surface area (Å²) >= 11 is 3.33. The fraction of sp³-hybridized carbons (Fsp3) is 0.353. The Bertz CT molecular complexity index is 745. The van der Waals surface area contributed by atoms with Crippen molar-refractivity contribution < 1.29 is 14.3 Å². The van der Waals surface area contributed by atoms with Crippen LogP contribution >= 0.6 is 15.9 Å². The zero-order chi connectivity index (χ0) is 18.4. The summed E-state index contributed by atoms with van der Waals surface area (Å²) in [6.07, 6.45) is 0.0229. The van der Waals surface area contributed by atoms with Gasteiger partial charge in [0.1, 0.15) is 5.75 Å². The monoisotopic (exact) mass is 408 g/mol. The zero-order valence-electron chi connectivity index (χ0n) is 14.3. The number of hydrogen-bond acceptors (Lipinski definition) is 4. The summed E-state index contributed by atoms with van der Waals surface area (Å²) in [5, 5.41) is 6.76. The van der Waals surface area contributed by atoms with Crippen molar-refractivity contribution in [2.75, 3.05) is 0 Å². The van der Waals surface area contributed by atoms with Gasteiger partial charge in [0.05, 0.1) is 0 Å². The Morgan fingerprint density at radius 3 is 2.68 bits per heavy atom. The van der Waals surface area contributed by atoms with Gasteiger partial charge in [-0.25, -0.2) is 0 Å². The maximum absolute atomic E-state index is 12.0. The highest BCUT2D eigenvalue weighted by Crippen LogP contribution is 2.18. The lowest BCUT2D eigenvalue weighted by Crippen LogP contribution is -2.47. The van der Waals surface area contributed by atoms with Gasteiger partial charge < -0.3 is 4.74 Å². The van der Waals surface area contributed by atoms with E-state index < -0.39 is 17.9 Å². The summed E-state index contributed by atoms with van der Waals surface area (Å²) in [4.78, 5) is 24.0. The average molecular weight is 409 g/mol. The van der Waals surface area contributed by atoms with Gasteiger partial charge in [-0.3, -0.25) is 25.5 Å². The Labute approximate surface area is 154 Å². The molecule has 2 amide bonds. The van der Waals surface area contributed by atoms with Crippen molar-refractivity contribution in [3.8, 4) is 5.75 Å². The molecule has 1 heterocycles. The van der Waals surface area contributed by atoms with E-state index in [1.165, 1.54) is 0 Å². The number of benzene rings is 1. The lowest BCUT2D eigenvalue weighted by Gasteiger charge is -2.15. The first kappa shape index (κ1) is 19.0. The molecule has 0 saturated heterocycles. The molecule has 0 aliphatic rings. The van der Waals surface area contributed by atoms with Crippen LogP contribution in [0.1, 0.15) is 37.0 Å². The first-order valence-corrected chi connectivity index (χ1v) is 8.71. The van der Waals surface area contributed by atoms with Crippen LogP contribution in [0.15, 0.2) is 34.8 Å². The van der Waals surface area contributed by atoms with E-state index in [1.54, 1.807) is 31.2 Å². The molecule has 1 aromatic heterocycles. The zero-order valence-corrected chi connectivity index (χ0v) is 15.9. The second-order valence-corrected chi connectivity index (χ2v) is 6.95. The maximum Gasteiger partial charge on any atom is 0.290 e. The lowest BCUT2D eigenvalue weighted by atomic mass is 10.1. The van der Waals surface area contributed by atoms with Gasteiger partial charge >= 0.3 is 0 Å². The molecule has 1 unspecified atom stereocenters. The highest BCUT2D eigenvalue weighted by molar-refractivity contribution is 9.10. The summed E-state index contributed by atoms with van der Waals surface area (Å²) in [7, 11) is 0. The Hall–Kier alpha value is -2.35. The van der Waals surface area contributed by atoms with Crippen molar-refractivity contribution in [3.63, 3.8) is 0 Å². The number of nitrogens with zero attached hydrogens (tertiary/aromatic N) is 1. The number of halogens is 1. The topological polar surface area (TPSA) is 96.1 Å². The number of ether oxygens (including phenoxy) is 1. The van der Waals surface area contributed by atoms with Crippen molar-refractivity contribution in [2.45, 2.75) is 33.3 Å². The summed E-state index contributed by atoms with van der Waals surface area (Å²) in [5.74, 6) is 0.0431. The maximum atomic E-state index is 12.0. The minimum Gasteiger partial charge on any atom is -0.481 e. The molecule has 2 aromatic rings. The first-order valence-electron chi connectivity index (χ1n) is 7.92. The fourth-order valence-corrected chi connectivity index (χ4v) is 2.48. The smallest absolute Gasteiger partial charge is 0.290 e. The third-order valence-corrected chi connectivity index (χ3v) is 3.76. The van der Waals surface area contributed by atoms with Crippen LogP contribution in [0.3, 0.4) is 0 Å². The van der Waals surface area contributed by atoms with Crippen molar-refractivity contribution in [2.24, 2.45) is 5.92 Å². The van der Waals surface area contributed by atoms with Crippen LogP contribution in [0.5, 0.6) is 5.75 Å². The van der Waals surface area contributed by atoms with Gasteiger partial charge in [0, 0.05) is 10.2 Å². The molecule has 0 bridgehead atoms. The summed E-state index contributed by atoms with van der Waals surface area (Å²) in [6.45, 7) is 5.75. The van der Waals surface area contributed by atoms with Gasteiger partial charge in [-0.2, -0.15) is 5.10 Å². The average Bonchev–Trinajstić information content (AvgIpc) is 3.00.